The highest BCUT2D eigenvalue weighted by atomic mass is 16.6. The number of piperidine rings is 1. The average Bonchev–Trinajstić information content (AvgIpc) is 2.87. The van der Waals surface area contributed by atoms with Crippen molar-refractivity contribution in [2.75, 3.05) is 46.8 Å². The Morgan fingerprint density at radius 3 is 2.50 bits per heavy atom. The summed E-state index contributed by atoms with van der Waals surface area (Å²) in [5.41, 5.74) is -0.478. The Bertz CT molecular complexity index is 529. The summed E-state index contributed by atoms with van der Waals surface area (Å²) in [5, 5.41) is 2.75. The molecule has 3 amide bonds. The number of nitrogens with zero attached hydrogens (tertiary/aromatic N) is 3. The fraction of sp³-hybridized carbons (Fsp3) is 0.833. The van der Waals surface area contributed by atoms with Gasteiger partial charge in [-0.25, -0.2) is 4.79 Å². The van der Waals surface area contributed by atoms with Crippen LogP contribution in [-0.2, 0) is 14.3 Å². The molecule has 0 bridgehead atoms. The molecule has 1 atom stereocenters. The molecule has 8 nitrogen and oxygen atoms in total. The zero-order chi connectivity index (χ0) is 19.3. The van der Waals surface area contributed by atoms with Gasteiger partial charge in [-0.1, -0.05) is 13.3 Å². The summed E-state index contributed by atoms with van der Waals surface area (Å²) in [7, 11) is 3.95. The maximum atomic E-state index is 12.7. The highest BCUT2D eigenvalue weighted by Crippen LogP contribution is 2.33. The quantitative estimate of drug-likeness (QED) is 0.714. The summed E-state index contributed by atoms with van der Waals surface area (Å²) in [6, 6.07) is -0.464. The Labute approximate surface area is 155 Å². The van der Waals surface area contributed by atoms with Crippen LogP contribution in [0.3, 0.4) is 0 Å². The van der Waals surface area contributed by atoms with Gasteiger partial charge in [-0.2, -0.15) is 0 Å². The Balaban J connectivity index is 1.90. The van der Waals surface area contributed by atoms with Crippen molar-refractivity contribution in [1.82, 2.24) is 20.0 Å². The van der Waals surface area contributed by atoms with Crippen LogP contribution in [0, 0.1) is 0 Å². The number of nitrogens with one attached hydrogen (secondary N) is 1. The molecule has 1 N–H and O–H groups in total. The van der Waals surface area contributed by atoms with Gasteiger partial charge >= 0.3 is 6.09 Å². The van der Waals surface area contributed by atoms with E-state index in [1.807, 2.05) is 25.9 Å². The normalized spacial score (nSPS) is 20.4. The van der Waals surface area contributed by atoms with Gasteiger partial charge in [0.25, 0.3) is 0 Å². The Morgan fingerprint density at radius 2 is 1.96 bits per heavy atom. The number of ether oxygens (including phenoxy) is 1. The molecule has 2 aliphatic rings. The lowest BCUT2D eigenvalue weighted by Crippen LogP contribution is -2.54. The van der Waals surface area contributed by atoms with E-state index < -0.39 is 11.6 Å². The molecule has 2 aliphatic heterocycles. The molecular weight excluding hydrogens is 336 g/mol. The van der Waals surface area contributed by atoms with Crippen molar-refractivity contribution in [2.45, 2.75) is 51.2 Å². The lowest BCUT2D eigenvalue weighted by Gasteiger charge is -2.38. The van der Waals surface area contributed by atoms with Crippen LogP contribution in [-0.4, -0.2) is 91.1 Å². The maximum Gasteiger partial charge on any atom is 0.410 e. The molecule has 0 saturated carbocycles. The zero-order valence-electron chi connectivity index (χ0n) is 16.4. The predicted molar refractivity (Wildman–Crippen MR) is 97.7 cm³/mol. The monoisotopic (exact) mass is 368 g/mol. The van der Waals surface area contributed by atoms with Gasteiger partial charge in [0.05, 0.1) is 6.54 Å². The van der Waals surface area contributed by atoms with Crippen molar-refractivity contribution >= 4 is 17.9 Å². The number of carbonyl (C=O) groups is 3. The molecule has 148 valence electrons. The molecule has 0 aromatic heterocycles. The first-order valence-electron chi connectivity index (χ1n) is 9.45. The van der Waals surface area contributed by atoms with Crippen molar-refractivity contribution < 1.29 is 19.1 Å². The number of hydrogen-bond acceptors (Lipinski definition) is 5. The minimum Gasteiger partial charge on any atom is -0.441 e. The molecule has 8 heteroatoms. The van der Waals surface area contributed by atoms with Gasteiger partial charge in [-0.05, 0) is 20.5 Å². The van der Waals surface area contributed by atoms with E-state index in [2.05, 4.69) is 5.32 Å². The first kappa shape index (κ1) is 20.5. The number of amides is 3. The Hall–Kier alpha value is -1.83. The number of carbonyl (C=O) groups excluding carboxylic acids is 3. The standard InChI is InChI=1S/C18H32N4O4/c1-5-6-15(19-14(2)23)16(24)21-9-7-18(8-10-21)13-22(17(25)26-18)12-11-20(3)4/h15H,5-13H2,1-4H3,(H,19,23)/t15-/m1/s1. The van der Waals surface area contributed by atoms with E-state index in [9.17, 15) is 14.4 Å². The van der Waals surface area contributed by atoms with Gasteiger partial charge in [0.2, 0.25) is 11.8 Å². The van der Waals surface area contributed by atoms with Crippen LogP contribution < -0.4 is 5.32 Å². The lowest BCUT2D eigenvalue weighted by molar-refractivity contribution is -0.139. The smallest absolute Gasteiger partial charge is 0.410 e. The van der Waals surface area contributed by atoms with Gasteiger partial charge in [-0.15, -0.1) is 0 Å². The molecule has 2 saturated heterocycles. The molecule has 0 radical (unpaired) electrons. The van der Waals surface area contributed by atoms with Crippen LogP contribution in [0.2, 0.25) is 0 Å². The fourth-order valence-electron chi connectivity index (χ4n) is 3.59. The minimum atomic E-state index is -0.478. The van der Waals surface area contributed by atoms with E-state index in [1.54, 1.807) is 9.80 Å². The molecule has 1 spiro atoms. The largest absolute Gasteiger partial charge is 0.441 e. The average molecular weight is 368 g/mol. The topological polar surface area (TPSA) is 82.2 Å². The fourth-order valence-corrected chi connectivity index (χ4v) is 3.59. The number of likely N-dealkylation sites (N-methyl/N-ethyl adjacent to an activating group) is 1. The van der Waals surface area contributed by atoms with E-state index in [4.69, 9.17) is 4.74 Å². The molecule has 2 fully saturated rings. The zero-order valence-corrected chi connectivity index (χ0v) is 16.4. The van der Waals surface area contributed by atoms with E-state index >= 15 is 0 Å². The molecule has 2 rings (SSSR count). The second kappa shape index (κ2) is 8.70. The van der Waals surface area contributed by atoms with Crippen molar-refractivity contribution in [3.05, 3.63) is 0 Å². The third kappa shape index (κ3) is 5.09. The number of likely N-dealkylation sites (tertiary alicyclic amines) is 1. The van der Waals surface area contributed by atoms with Crippen molar-refractivity contribution in [3.8, 4) is 0 Å². The third-order valence-corrected chi connectivity index (χ3v) is 5.10. The summed E-state index contributed by atoms with van der Waals surface area (Å²) in [6.45, 7) is 6.56. The molecule has 0 aliphatic carbocycles. The van der Waals surface area contributed by atoms with Gasteiger partial charge in [0.15, 0.2) is 0 Å². The Kier molecular flexibility index (Phi) is 6.86. The molecular formula is C18H32N4O4. The van der Waals surface area contributed by atoms with Crippen LogP contribution in [0.5, 0.6) is 0 Å². The van der Waals surface area contributed by atoms with Crippen molar-refractivity contribution in [3.63, 3.8) is 0 Å². The SMILES string of the molecule is CCC[C@@H](NC(C)=O)C(=O)N1CCC2(CC1)CN(CCN(C)C)C(=O)O2. The van der Waals surface area contributed by atoms with E-state index in [1.165, 1.54) is 6.92 Å². The first-order chi connectivity index (χ1) is 12.3. The van der Waals surface area contributed by atoms with Gasteiger partial charge < -0.3 is 24.8 Å². The summed E-state index contributed by atoms with van der Waals surface area (Å²) >= 11 is 0. The number of rotatable bonds is 7. The third-order valence-electron chi connectivity index (χ3n) is 5.10. The second-order valence-corrected chi connectivity index (χ2v) is 7.64. The van der Waals surface area contributed by atoms with E-state index in [0.29, 0.717) is 45.4 Å². The predicted octanol–water partition coefficient (Wildman–Crippen LogP) is 0.666. The lowest BCUT2D eigenvalue weighted by atomic mass is 9.91. The maximum absolute atomic E-state index is 12.7. The molecule has 0 aromatic carbocycles. The van der Waals surface area contributed by atoms with Crippen LogP contribution in [0.15, 0.2) is 0 Å². The van der Waals surface area contributed by atoms with Crippen LogP contribution >= 0.6 is 0 Å². The molecule has 0 unspecified atom stereocenters. The van der Waals surface area contributed by atoms with Crippen LogP contribution in [0.25, 0.3) is 0 Å². The first-order valence-corrected chi connectivity index (χ1v) is 9.45. The van der Waals surface area contributed by atoms with Crippen molar-refractivity contribution in [2.24, 2.45) is 0 Å². The van der Waals surface area contributed by atoms with E-state index in [-0.39, 0.29) is 17.9 Å². The number of hydrogen-bond donors (Lipinski definition) is 1. The van der Waals surface area contributed by atoms with Crippen molar-refractivity contribution in [1.29, 1.82) is 0 Å². The van der Waals surface area contributed by atoms with Gasteiger partial charge in [0.1, 0.15) is 11.6 Å². The molecule has 0 aromatic rings. The molecule has 26 heavy (non-hydrogen) atoms. The molecule has 2 heterocycles. The Morgan fingerprint density at radius 1 is 1.31 bits per heavy atom. The summed E-state index contributed by atoms with van der Waals surface area (Å²) in [4.78, 5) is 41.8. The van der Waals surface area contributed by atoms with Crippen LogP contribution in [0.4, 0.5) is 4.79 Å². The highest BCUT2D eigenvalue weighted by Gasteiger charge is 2.47. The van der Waals surface area contributed by atoms with Gasteiger partial charge in [0, 0.05) is 45.9 Å². The van der Waals surface area contributed by atoms with Crippen LogP contribution in [0.1, 0.15) is 39.5 Å². The summed E-state index contributed by atoms with van der Waals surface area (Å²) in [6.07, 6.45) is 2.48. The summed E-state index contributed by atoms with van der Waals surface area (Å²) < 4.78 is 5.70. The highest BCUT2D eigenvalue weighted by molar-refractivity contribution is 5.87. The van der Waals surface area contributed by atoms with Gasteiger partial charge in [-0.3, -0.25) is 9.59 Å². The summed E-state index contributed by atoms with van der Waals surface area (Å²) in [5.74, 6) is -0.225. The van der Waals surface area contributed by atoms with E-state index in [0.717, 1.165) is 13.0 Å². The second-order valence-electron chi connectivity index (χ2n) is 7.64. The minimum absolute atomic E-state index is 0.0364.